The average molecular weight is 312 g/mol. The molecular weight excluding hydrogens is 293 g/mol. The number of nitrogens with one attached hydrogen (secondary N) is 1. The van der Waals surface area contributed by atoms with Crippen molar-refractivity contribution < 1.29 is 18.0 Å². The minimum atomic E-state index is -4.33. The van der Waals surface area contributed by atoms with Crippen LogP contribution >= 0.6 is 0 Å². The molecule has 0 radical (unpaired) electrons. The second kappa shape index (κ2) is 5.26. The van der Waals surface area contributed by atoms with Crippen molar-refractivity contribution in [3.63, 3.8) is 0 Å². The van der Waals surface area contributed by atoms with Crippen LogP contribution in [0.15, 0.2) is 24.3 Å². The highest BCUT2D eigenvalue weighted by Gasteiger charge is 2.53. The number of likely N-dealkylation sites (tertiary alicyclic amines) is 1. The molecule has 1 unspecified atom stereocenters. The third-order valence-corrected chi connectivity index (χ3v) is 5.03. The summed E-state index contributed by atoms with van der Waals surface area (Å²) in [6.45, 7) is 2.12. The van der Waals surface area contributed by atoms with Crippen LogP contribution in [0.25, 0.3) is 0 Å². The van der Waals surface area contributed by atoms with Crippen LogP contribution in [0.1, 0.15) is 29.9 Å². The number of carbonyl (C=O) groups excluding carboxylic acids is 1. The molecule has 2 aliphatic rings. The predicted molar refractivity (Wildman–Crippen MR) is 76.4 cm³/mol. The van der Waals surface area contributed by atoms with E-state index < -0.39 is 17.2 Å². The lowest BCUT2D eigenvalue weighted by Crippen LogP contribution is -2.44. The Labute approximate surface area is 127 Å². The summed E-state index contributed by atoms with van der Waals surface area (Å²) in [4.78, 5) is 14.3. The lowest BCUT2D eigenvalue weighted by atomic mass is 9.68. The molecule has 2 fully saturated rings. The lowest BCUT2D eigenvalue weighted by Gasteiger charge is -2.36. The fourth-order valence-electron chi connectivity index (χ4n) is 3.82. The van der Waals surface area contributed by atoms with Crippen LogP contribution in [-0.2, 0) is 11.0 Å². The maximum absolute atomic E-state index is 12.7. The van der Waals surface area contributed by atoms with E-state index in [1.54, 1.807) is 11.9 Å². The Kier molecular flexibility index (Phi) is 3.67. The molecule has 0 aliphatic carbocycles. The van der Waals surface area contributed by atoms with Gasteiger partial charge in [-0.3, -0.25) is 4.79 Å². The summed E-state index contributed by atoms with van der Waals surface area (Å²) < 4.78 is 38.1. The van der Waals surface area contributed by atoms with E-state index in [1.165, 1.54) is 12.1 Å². The number of likely N-dealkylation sites (N-methyl/N-ethyl adjacent to an activating group) is 1. The first-order chi connectivity index (χ1) is 10.3. The Bertz CT molecular complexity index is 562. The summed E-state index contributed by atoms with van der Waals surface area (Å²) in [5.41, 5.74) is -0.277. The summed E-state index contributed by atoms with van der Waals surface area (Å²) in [7, 11) is 1.77. The molecular formula is C16H19F3N2O. The largest absolute Gasteiger partial charge is 0.416 e. The highest BCUT2D eigenvalue weighted by atomic mass is 19.4. The minimum Gasteiger partial charge on any atom is -0.345 e. The Hall–Kier alpha value is -1.56. The van der Waals surface area contributed by atoms with Gasteiger partial charge in [0.1, 0.15) is 0 Å². The van der Waals surface area contributed by atoms with Crippen LogP contribution in [-0.4, -0.2) is 37.5 Å². The standard InChI is InChI=1S/C16H19F3N2O/c1-21-10-13(15(14(21)22)6-8-20-9-7-15)11-2-4-12(5-3-11)16(17,18)19/h2-5,13,20H,6-10H2,1H3. The zero-order chi connectivity index (χ0) is 16.0. The molecule has 1 atom stereocenters. The lowest BCUT2D eigenvalue weighted by molar-refractivity contribution is -0.138. The molecule has 1 amide bonds. The molecule has 0 bridgehead atoms. The Morgan fingerprint density at radius 2 is 1.77 bits per heavy atom. The van der Waals surface area contributed by atoms with E-state index in [-0.39, 0.29) is 11.8 Å². The second-order valence-corrected chi connectivity index (χ2v) is 6.26. The number of nitrogens with zero attached hydrogens (tertiary/aromatic N) is 1. The van der Waals surface area contributed by atoms with E-state index in [2.05, 4.69) is 5.32 Å². The number of rotatable bonds is 1. The molecule has 0 aromatic heterocycles. The van der Waals surface area contributed by atoms with Gasteiger partial charge in [-0.1, -0.05) is 12.1 Å². The van der Waals surface area contributed by atoms with E-state index in [4.69, 9.17) is 0 Å². The number of carbonyl (C=O) groups is 1. The molecule has 6 heteroatoms. The van der Waals surface area contributed by atoms with Gasteiger partial charge in [0.25, 0.3) is 0 Å². The average Bonchev–Trinajstić information content (AvgIpc) is 2.73. The molecule has 22 heavy (non-hydrogen) atoms. The monoisotopic (exact) mass is 312 g/mol. The molecule has 1 N–H and O–H groups in total. The third-order valence-electron chi connectivity index (χ3n) is 5.03. The Morgan fingerprint density at radius 3 is 2.32 bits per heavy atom. The van der Waals surface area contributed by atoms with Gasteiger partial charge < -0.3 is 10.2 Å². The molecule has 120 valence electrons. The Balaban J connectivity index is 1.94. The van der Waals surface area contributed by atoms with Crippen LogP contribution < -0.4 is 5.32 Å². The van der Waals surface area contributed by atoms with Gasteiger partial charge >= 0.3 is 6.18 Å². The maximum atomic E-state index is 12.7. The fraction of sp³-hybridized carbons (Fsp3) is 0.562. The van der Waals surface area contributed by atoms with Gasteiger partial charge in [0.2, 0.25) is 5.91 Å². The van der Waals surface area contributed by atoms with E-state index in [9.17, 15) is 18.0 Å². The van der Waals surface area contributed by atoms with Crippen molar-refractivity contribution >= 4 is 5.91 Å². The van der Waals surface area contributed by atoms with E-state index >= 15 is 0 Å². The van der Waals surface area contributed by atoms with Crippen molar-refractivity contribution in [1.82, 2.24) is 10.2 Å². The highest BCUT2D eigenvalue weighted by molar-refractivity contribution is 5.86. The summed E-state index contributed by atoms with van der Waals surface area (Å²) in [6, 6.07) is 5.30. The first kappa shape index (κ1) is 15.3. The van der Waals surface area contributed by atoms with Gasteiger partial charge in [-0.2, -0.15) is 13.2 Å². The summed E-state index contributed by atoms with van der Waals surface area (Å²) in [5, 5.41) is 3.25. The smallest absolute Gasteiger partial charge is 0.345 e. The highest BCUT2D eigenvalue weighted by Crippen LogP contribution is 2.49. The number of alkyl halides is 3. The van der Waals surface area contributed by atoms with Crippen LogP contribution in [0.4, 0.5) is 13.2 Å². The van der Waals surface area contributed by atoms with Crippen molar-refractivity contribution in [2.45, 2.75) is 24.9 Å². The zero-order valence-corrected chi connectivity index (χ0v) is 12.4. The number of halogens is 3. The Morgan fingerprint density at radius 1 is 1.18 bits per heavy atom. The van der Waals surface area contributed by atoms with E-state index in [1.807, 2.05) is 0 Å². The van der Waals surface area contributed by atoms with Crippen molar-refractivity contribution in [3.8, 4) is 0 Å². The number of hydrogen-bond acceptors (Lipinski definition) is 2. The molecule has 2 aliphatic heterocycles. The predicted octanol–water partition coefficient (Wildman–Crippen LogP) is 2.63. The van der Waals surface area contributed by atoms with Crippen LogP contribution in [0.5, 0.6) is 0 Å². The van der Waals surface area contributed by atoms with Crippen molar-refractivity contribution in [3.05, 3.63) is 35.4 Å². The quantitative estimate of drug-likeness (QED) is 0.864. The van der Waals surface area contributed by atoms with E-state index in [0.717, 1.165) is 43.6 Å². The minimum absolute atomic E-state index is 0.0330. The molecule has 1 spiro atoms. The van der Waals surface area contributed by atoms with E-state index in [0.29, 0.717) is 6.54 Å². The first-order valence-electron chi connectivity index (χ1n) is 7.48. The van der Waals surface area contributed by atoms with Gasteiger partial charge in [0.15, 0.2) is 0 Å². The van der Waals surface area contributed by atoms with Crippen LogP contribution in [0.2, 0.25) is 0 Å². The molecule has 1 aromatic rings. The van der Waals surface area contributed by atoms with Gasteiger partial charge in [-0.05, 0) is 43.6 Å². The normalized spacial score (nSPS) is 25.0. The first-order valence-corrected chi connectivity index (χ1v) is 7.48. The number of piperidine rings is 1. The molecule has 2 heterocycles. The van der Waals surface area contributed by atoms with Gasteiger partial charge in [-0.25, -0.2) is 0 Å². The van der Waals surface area contributed by atoms with Gasteiger partial charge in [0, 0.05) is 19.5 Å². The number of amides is 1. The summed E-state index contributed by atoms with van der Waals surface area (Å²) in [6.07, 6.45) is -2.85. The van der Waals surface area contributed by atoms with Crippen molar-refractivity contribution in [2.75, 3.05) is 26.7 Å². The zero-order valence-electron chi connectivity index (χ0n) is 12.4. The number of hydrogen-bond donors (Lipinski definition) is 1. The molecule has 3 nitrogen and oxygen atoms in total. The molecule has 2 saturated heterocycles. The summed E-state index contributed by atoms with van der Waals surface area (Å²) in [5.74, 6) is 0.0910. The third kappa shape index (κ3) is 2.39. The van der Waals surface area contributed by atoms with Crippen LogP contribution in [0, 0.1) is 5.41 Å². The van der Waals surface area contributed by atoms with Crippen molar-refractivity contribution in [2.24, 2.45) is 5.41 Å². The number of benzene rings is 1. The fourth-order valence-corrected chi connectivity index (χ4v) is 3.82. The molecule has 3 rings (SSSR count). The maximum Gasteiger partial charge on any atom is 0.416 e. The van der Waals surface area contributed by atoms with Gasteiger partial charge in [0.05, 0.1) is 11.0 Å². The second-order valence-electron chi connectivity index (χ2n) is 6.26. The topological polar surface area (TPSA) is 32.3 Å². The molecule has 1 aromatic carbocycles. The summed E-state index contributed by atoms with van der Waals surface area (Å²) >= 11 is 0. The molecule has 0 saturated carbocycles. The SMILES string of the molecule is CN1CC(c2ccc(C(F)(F)F)cc2)C2(CCNCC2)C1=O. The van der Waals surface area contributed by atoms with Crippen LogP contribution in [0.3, 0.4) is 0 Å². The van der Waals surface area contributed by atoms with Crippen molar-refractivity contribution in [1.29, 1.82) is 0 Å². The van der Waals surface area contributed by atoms with Gasteiger partial charge in [-0.15, -0.1) is 0 Å².